The van der Waals surface area contributed by atoms with Crippen LogP contribution in [-0.2, 0) is 14.3 Å². The second kappa shape index (κ2) is 6.26. The van der Waals surface area contributed by atoms with Crippen molar-refractivity contribution in [1.82, 2.24) is 5.32 Å². The van der Waals surface area contributed by atoms with Gasteiger partial charge in [0.15, 0.2) is 5.54 Å². The molecule has 0 aromatic heterocycles. The maximum atomic E-state index is 11.9. The smallest absolute Gasteiger partial charge is 0.333 e. The van der Waals surface area contributed by atoms with E-state index in [2.05, 4.69) is 22.1 Å². The number of esters is 1. The maximum Gasteiger partial charge on any atom is 0.333 e. The van der Waals surface area contributed by atoms with Crippen molar-refractivity contribution in [3.05, 3.63) is 23.9 Å². The molecule has 0 saturated heterocycles. The number of azo groups is 1. The molecule has 0 spiro atoms. The highest BCUT2D eigenvalue weighted by Crippen LogP contribution is 2.23. The zero-order valence-corrected chi connectivity index (χ0v) is 11.5. The molecule has 1 atom stereocenters. The summed E-state index contributed by atoms with van der Waals surface area (Å²) in [6.07, 6.45) is 2.25. The summed E-state index contributed by atoms with van der Waals surface area (Å²) < 4.78 is 4.91. The van der Waals surface area contributed by atoms with Crippen molar-refractivity contribution in [2.45, 2.75) is 32.7 Å². The molecule has 0 aromatic carbocycles. The van der Waals surface area contributed by atoms with E-state index in [0.717, 1.165) is 5.70 Å². The molecule has 0 saturated carbocycles. The van der Waals surface area contributed by atoms with Gasteiger partial charge in [-0.3, -0.25) is 4.79 Å². The van der Waals surface area contributed by atoms with Crippen molar-refractivity contribution in [3.8, 4) is 0 Å². The predicted octanol–water partition coefficient (Wildman–Crippen LogP) is 1.74. The van der Waals surface area contributed by atoms with Gasteiger partial charge in [-0.05, 0) is 33.3 Å². The first kappa shape index (κ1) is 15.1. The first-order valence-electron chi connectivity index (χ1n) is 6.08. The number of amides is 1. The number of ether oxygens (including phenoxy) is 1. The summed E-state index contributed by atoms with van der Waals surface area (Å²) in [7, 11) is 0. The Bertz CT molecular complexity index is 454. The number of rotatable bonds is 6. The van der Waals surface area contributed by atoms with Crippen LogP contribution in [0.1, 0.15) is 27.2 Å². The van der Waals surface area contributed by atoms with Gasteiger partial charge in [0.05, 0.1) is 12.3 Å². The van der Waals surface area contributed by atoms with Crippen LogP contribution in [0.5, 0.6) is 0 Å². The number of nitrogens with zero attached hydrogens (tertiary/aromatic N) is 2. The van der Waals surface area contributed by atoms with Gasteiger partial charge in [-0.2, -0.15) is 10.2 Å². The molecule has 6 heteroatoms. The van der Waals surface area contributed by atoms with E-state index in [1.807, 2.05) is 0 Å². The van der Waals surface area contributed by atoms with E-state index in [9.17, 15) is 9.59 Å². The fourth-order valence-corrected chi connectivity index (χ4v) is 1.50. The van der Waals surface area contributed by atoms with Crippen molar-refractivity contribution in [3.63, 3.8) is 0 Å². The van der Waals surface area contributed by atoms with E-state index in [1.165, 1.54) is 0 Å². The van der Waals surface area contributed by atoms with Gasteiger partial charge in [0.25, 0.3) is 5.91 Å². The molecule has 1 aliphatic heterocycles. The number of hydrogen-bond donors (Lipinski definition) is 1. The first-order valence-corrected chi connectivity index (χ1v) is 6.08. The van der Waals surface area contributed by atoms with Crippen LogP contribution in [0.3, 0.4) is 0 Å². The molecule has 104 valence electrons. The molecule has 0 fully saturated rings. The number of nitrogens with one attached hydrogen (secondary N) is 1. The first-order chi connectivity index (χ1) is 8.85. The highest BCUT2D eigenvalue weighted by Gasteiger charge is 2.33. The lowest BCUT2D eigenvalue weighted by Crippen LogP contribution is -2.41. The molecule has 1 unspecified atom stereocenters. The monoisotopic (exact) mass is 265 g/mol. The van der Waals surface area contributed by atoms with Gasteiger partial charge in [-0.25, -0.2) is 4.79 Å². The Balaban J connectivity index is 2.24. The average molecular weight is 265 g/mol. The van der Waals surface area contributed by atoms with Crippen molar-refractivity contribution < 1.29 is 14.3 Å². The van der Waals surface area contributed by atoms with Crippen LogP contribution in [0.15, 0.2) is 34.2 Å². The summed E-state index contributed by atoms with van der Waals surface area (Å²) in [6.45, 7) is 9.22. The minimum Gasteiger partial charge on any atom is -0.462 e. The molecular formula is C13H19N3O3. The number of hydrogen-bond acceptors (Lipinski definition) is 5. The minimum absolute atomic E-state index is 0.209. The minimum atomic E-state index is -0.918. The normalized spacial score (nSPS) is 20.9. The summed E-state index contributed by atoms with van der Waals surface area (Å²) in [5, 5.41) is 10.5. The average Bonchev–Trinajstić information content (AvgIpc) is 2.69. The molecule has 0 aromatic rings. The fourth-order valence-electron chi connectivity index (χ4n) is 1.50. The van der Waals surface area contributed by atoms with Gasteiger partial charge in [-0.15, -0.1) is 0 Å². The van der Waals surface area contributed by atoms with Gasteiger partial charge in [-0.1, -0.05) is 6.58 Å². The van der Waals surface area contributed by atoms with E-state index in [1.54, 1.807) is 26.8 Å². The van der Waals surface area contributed by atoms with Gasteiger partial charge in [0, 0.05) is 12.1 Å². The summed E-state index contributed by atoms with van der Waals surface area (Å²) in [4.78, 5) is 23.0. The summed E-state index contributed by atoms with van der Waals surface area (Å²) in [5.74, 6) is -0.624. The second-order valence-electron chi connectivity index (χ2n) is 4.66. The third-order valence-electron chi connectivity index (χ3n) is 2.55. The summed E-state index contributed by atoms with van der Waals surface area (Å²) in [6, 6.07) is 0. The summed E-state index contributed by atoms with van der Waals surface area (Å²) in [5.41, 5.74) is 0.176. The largest absolute Gasteiger partial charge is 0.462 e. The molecular weight excluding hydrogens is 246 g/mol. The Kier molecular flexibility index (Phi) is 4.97. The van der Waals surface area contributed by atoms with Gasteiger partial charge in [0.2, 0.25) is 0 Å². The fraction of sp³-hybridized carbons (Fsp3) is 0.538. The molecule has 0 bridgehead atoms. The maximum absolute atomic E-state index is 11.9. The van der Waals surface area contributed by atoms with Gasteiger partial charge < -0.3 is 10.1 Å². The molecule has 19 heavy (non-hydrogen) atoms. The van der Waals surface area contributed by atoms with E-state index < -0.39 is 11.5 Å². The number of allylic oxidation sites excluding steroid dienone is 1. The van der Waals surface area contributed by atoms with Gasteiger partial charge in [0.1, 0.15) is 0 Å². The highest BCUT2D eigenvalue weighted by atomic mass is 16.5. The Morgan fingerprint density at radius 3 is 2.74 bits per heavy atom. The van der Waals surface area contributed by atoms with Crippen molar-refractivity contribution in [2.75, 3.05) is 13.2 Å². The lowest BCUT2D eigenvalue weighted by atomic mass is 10.0. The predicted molar refractivity (Wildman–Crippen MR) is 70.4 cm³/mol. The Morgan fingerprint density at radius 1 is 1.53 bits per heavy atom. The van der Waals surface area contributed by atoms with Crippen LogP contribution < -0.4 is 5.32 Å². The molecule has 1 rings (SSSR count). The Labute approximate surface area is 112 Å². The number of carbonyl (C=O) groups excluding carboxylic acids is 2. The standard InChI is InChI=1S/C13H19N3O3/c1-9(2)11(17)19-7-5-6-14-12(18)13(4)8-10(3)15-16-13/h8H,1,5-7H2,2-4H3,(H,14,18). The van der Waals surface area contributed by atoms with Crippen LogP contribution in [0.4, 0.5) is 0 Å². The van der Waals surface area contributed by atoms with Crippen LogP contribution >= 0.6 is 0 Å². The van der Waals surface area contributed by atoms with Crippen molar-refractivity contribution in [1.29, 1.82) is 0 Å². The molecule has 1 heterocycles. The zero-order valence-electron chi connectivity index (χ0n) is 11.5. The van der Waals surface area contributed by atoms with E-state index in [0.29, 0.717) is 18.5 Å². The van der Waals surface area contributed by atoms with E-state index in [-0.39, 0.29) is 12.5 Å². The Hall–Kier alpha value is -1.98. The molecule has 0 aliphatic carbocycles. The van der Waals surface area contributed by atoms with Crippen molar-refractivity contribution >= 4 is 11.9 Å². The highest BCUT2D eigenvalue weighted by molar-refractivity contribution is 5.88. The molecule has 1 aliphatic rings. The van der Waals surface area contributed by atoms with Crippen molar-refractivity contribution in [2.24, 2.45) is 10.2 Å². The van der Waals surface area contributed by atoms with Crippen LogP contribution in [-0.4, -0.2) is 30.6 Å². The Morgan fingerprint density at radius 2 is 2.21 bits per heavy atom. The second-order valence-corrected chi connectivity index (χ2v) is 4.66. The van der Waals surface area contributed by atoms with E-state index in [4.69, 9.17) is 4.74 Å². The molecule has 1 N–H and O–H groups in total. The molecule has 1 amide bonds. The zero-order chi connectivity index (χ0) is 14.5. The molecule has 0 radical (unpaired) electrons. The molecule has 6 nitrogen and oxygen atoms in total. The van der Waals surface area contributed by atoms with Crippen LogP contribution in [0, 0.1) is 0 Å². The third kappa shape index (κ3) is 4.31. The number of carbonyl (C=O) groups is 2. The lowest BCUT2D eigenvalue weighted by molar-refractivity contribution is -0.139. The SMILES string of the molecule is C=C(C)C(=O)OCCCNC(=O)C1(C)C=C(C)N=N1. The van der Waals surface area contributed by atoms with Crippen LogP contribution in [0.2, 0.25) is 0 Å². The van der Waals surface area contributed by atoms with E-state index >= 15 is 0 Å². The third-order valence-corrected chi connectivity index (χ3v) is 2.55. The van der Waals surface area contributed by atoms with Gasteiger partial charge >= 0.3 is 5.97 Å². The van der Waals surface area contributed by atoms with Crippen LogP contribution in [0.25, 0.3) is 0 Å². The summed E-state index contributed by atoms with van der Waals surface area (Å²) >= 11 is 0. The topological polar surface area (TPSA) is 80.1 Å². The quantitative estimate of drug-likeness (QED) is 0.451. The lowest BCUT2D eigenvalue weighted by Gasteiger charge is -2.15.